The van der Waals surface area contributed by atoms with Crippen molar-refractivity contribution in [3.63, 3.8) is 0 Å². The van der Waals surface area contributed by atoms with Crippen molar-refractivity contribution in [1.82, 2.24) is 4.57 Å². The van der Waals surface area contributed by atoms with Crippen LogP contribution >= 0.6 is 0 Å². The molecule has 0 fully saturated rings. The highest BCUT2D eigenvalue weighted by Gasteiger charge is 2.11. The molecule has 0 atom stereocenters. The average molecular weight is 265 g/mol. The fraction of sp³-hybridized carbons (Fsp3) is 0.118. The number of carboxylic acid groups (broad SMARTS) is 1. The highest BCUT2D eigenvalue weighted by Crippen LogP contribution is 2.31. The van der Waals surface area contributed by atoms with E-state index in [-0.39, 0.29) is 0 Å². The van der Waals surface area contributed by atoms with Gasteiger partial charge in [0.1, 0.15) is 0 Å². The van der Waals surface area contributed by atoms with Crippen LogP contribution in [0.5, 0.6) is 0 Å². The van der Waals surface area contributed by atoms with Crippen LogP contribution in [0.25, 0.3) is 22.0 Å². The van der Waals surface area contributed by atoms with Crippen LogP contribution in [-0.2, 0) is 7.05 Å². The first-order valence-corrected chi connectivity index (χ1v) is 6.45. The number of fused-ring (bicyclic) bond motifs is 1. The van der Waals surface area contributed by atoms with E-state index in [1.165, 1.54) is 5.56 Å². The fourth-order valence-electron chi connectivity index (χ4n) is 2.56. The minimum absolute atomic E-state index is 0.314. The molecule has 1 aromatic heterocycles. The second-order valence-corrected chi connectivity index (χ2v) is 5.06. The van der Waals surface area contributed by atoms with Crippen LogP contribution in [0, 0.1) is 6.92 Å². The Balaban J connectivity index is 2.25. The smallest absolute Gasteiger partial charge is 0.335 e. The predicted molar refractivity (Wildman–Crippen MR) is 80.1 cm³/mol. The fourth-order valence-corrected chi connectivity index (χ4v) is 2.56. The molecule has 1 heterocycles. The van der Waals surface area contributed by atoms with Gasteiger partial charge in [-0.2, -0.15) is 0 Å². The molecule has 0 aliphatic carbocycles. The Hall–Kier alpha value is -2.55. The summed E-state index contributed by atoms with van der Waals surface area (Å²) in [5.74, 6) is -0.898. The van der Waals surface area contributed by atoms with E-state index in [1.807, 2.05) is 29.9 Å². The molecule has 0 aliphatic heterocycles. The molecule has 0 radical (unpaired) electrons. The normalized spacial score (nSPS) is 10.9. The Morgan fingerprint density at radius 2 is 1.95 bits per heavy atom. The van der Waals surface area contributed by atoms with Crippen LogP contribution < -0.4 is 0 Å². The third kappa shape index (κ3) is 1.97. The molecular weight excluding hydrogens is 250 g/mol. The van der Waals surface area contributed by atoms with Crippen molar-refractivity contribution in [1.29, 1.82) is 0 Å². The highest BCUT2D eigenvalue weighted by molar-refractivity contribution is 6.00. The Kier molecular flexibility index (Phi) is 2.83. The van der Waals surface area contributed by atoms with E-state index in [0.717, 1.165) is 22.0 Å². The van der Waals surface area contributed by atoms with Gasteiger partial charge in [-0.15, -0.1) is 0 Å². The van der Waals surface area contributed by atoms with Crippen LogP contribution in [0.1, 0.15) is 15.9 Å². The molecular formula is C17H15NO2. The van der Waals surface area contributed by atoms with Crippen LogP contribution in [0.3, 0.4) is 0 Å². The molecule has 0 bridgehead atoms. The summed E-state index contributed by atoms with van der Waals surface area (Å²) in [4.78, 5) is 11.1. The van der Waals surface area contributed by atoms with Gasteiger partial charge in [-0.05, 0) is 24.6 Å². The summed E-state index contributed by atoms with van der Waals surface area (Å²) in [7, 11) is 1.94. The van der Waals surface area contributed by atoms with Gasteiger partial charge >= 0.3 is 5.97 Å². The summed E-state index contributed by atoms with van der Waals surface area (Å²) < 4.78 is 1.97. The number of aryl methyl sites for hydroxylation is 2. The molecule has 1 N–H and O–H groups in total. The summed E-state index contributed by atoms with van der Waals surface area (Å²) >= 11 is 0. The molecule has 0 saturated carbocycles. The van der Waals surface area contributed by atoms with Gasteiger partial charge in [-0.1, -0.05) is 35.9 Å². The Morgan fingerprint density at radius 3 is 2.65 bits per heavy atom. The first kappa shape index (κ1) is 12.5. The molecule has 0 amide bonds. The van der Waals surface area contributed by atoms with Crippen molar-refractivity contribution in [3.05, 3.63) is 59.8 Å². The maximum Gasteiger partial charge on any atom is 0.335 e. The largest absolute Gasteiger partial charge is 0.478 e. The molecule has 3 heteroatoms. The number of aromatic carboxylic acids is 1. The Morgan fingerprint density at radius 1 is 1.15 bits per heavy atom. The van der Waals surface area contributed by atoms with Gasteiger partial charge in [0.05, 0.1) is 5.56 Å². The molecule has 0 unspecified atom stereocenters. The lowest BCUT2D eigenvalue weighted by Crippen LogP contribution is -1.96. The van der Waals surface area contributed by atoms with Gasteiger partial charge < -0.3 is 9.67 Å². The Labute approximate surface area is 117 Å². The van der Waals surface area contributed by atoms with Gasteiger partial charge in [0.25, 0.3) is 0 Å². The van der Waals surface area contributed by atoms with Gasteiger partial charge in [0, 0.05) is 29.7 Å². The van der Waals surface area contributed by atoms with Gasteiger partial charge in [-0.25, -0.2) is 4.79 Å². The maximum atomic E-state index is 11.1. The molecule has 3 aromatic rings. The van der Waals surface area contributed by atoms with Crippen molar-refractivity contribution in [2.45, 2.75) is 6.92 Å². The van der Waals surface area contributed by atoms with E-state index in [0.29, 0.717) is 5.56 Å². The maximum absolute atomic E-state index is 11.1. The van der Waals surface area contributed by atoms with Crippen LogP contribution in [0.2, 0.25) is 0 Å². The zero-order valence-electron chi connectivity index (χ0n) is 11.4. The number of carbonyl (C=O) groups is 1. The van der Waals surface area contributed by atoms with Crippen LogP contribution in [0.4, 0.5) is 0 Å². The lowest BCUT2D eigenvalue weighted by atomic mass is 10.0. The van der Waals surface area contributed by atoms with Crippen molar-refractivity contribution < 1.29 is 9.90 Å². The van der Waals surface area contributed by atoms with E-state index < -0.39 is 5.97 Å². The van der Waals surface area contributed by atoms with Gasteiger partial charge in [-0.3, -0.25) is 0 Å². The lowest BCUT2D eigenvalue weighted by Gasteiger charge is -2.01. The molecule has 3 nitrogen and oxygen atoms in total. The molecule has 3 rings (SSSR count). The van der Waals surface area contributed by atoms with Crippen molar-refractivity contribution in [2.75, 3.05) is 0 Å². The molecule has 100 valence electrons. The minimum atomic E-state index is -0.898. The van der Waals surface area contributed by atoms with Crippen molar-refractivity contribution >= 4 is 16.9 Å². The van der Waals surface area contributed by atoms with E-state index >= 15 is 0 Å². The molecule has 0 aliphatic rings. The van der Waals surface area contributed by atoms with Gasteiger partial charge in [0.15, 0.2) is 0 Å². The van der Waals surface area contributed by atoms with Crippen molar-refractivity contribution in [3.8, 4) is 11.1 Å². The van der Waals surface area contributed by atoms with E-state index in [4.69, 9.17) is 5.11 Å². The summed E-state index contributed by atoms with van der Waals surface area (Å²) in [6.45, 7) is 2.07. The number of aromatic nitrogens is 1. The number of hydrogen-bond donors (Lipinski definition) is 1. The first-order chi connectivity index (χ1) is 9.56. The lowest BCUT2D eigenvalue weighted by molar-refractivity contribution is 0.0697. The highest BCUT2D eigenvalue weighted by atomic mass is 16.4. The third-order valence-electron chi connectivity index (χ3n) is 3.57. The second kappa shape index (κ2) is 4.53. The summed E-state index contributed by atoms with van der Waals surface area (Å²) in [6, 6.07) is 13.6. The Bertz CT molecular complexity index is 815. The number of rotatable bonds is 2. The van der Waals surface area contributed by atoms with Crippen molar-refractivity contribution in [2.24, 2.45) is 7.05 Å². The molecule has 2 aromatic carbocycles. The quantitative estimate of drug-likeness (QED) is 0.764. The predicted octanol–water partition coefficient (Wildman–Crippen LogP) is 3.85. The second-order valence-electron chi connectivity index (χ2n) is 5.06. The summed E-state index contributed by atoms with van der Waals surface area (Å²) in [6.07, 6.45) is 2.05. The zero-order chi connectivity index (χ0) is 14.3. The van der Waals surface area contributed by atoms with Crippen LogP contribution in [-0.4, -0.2) is 15.6 Å². The van der Waals surface area contributed by atoms with E-state index in [9.17, 15) is 4.79 Å². The topological polar surface area (TPSA) is 42.2 Å². The molecule has 0 saturated heterocycles. The number of benzene rings is 2. The SMILES string of the molecule is Cc1cccc(-c2cn(C)c3cc(C(=O)O)ccc23)c1. The minimum Gasteiger partial charge on any atom is -0.478 e. The van der Waals surface area contributed by atoms with Crippen LogP contribution in [0.15, 0.2) is 48.7 Å². The van der Waals surface area contributed by atoms with E-state index in [2.05, 4.69) is 25.1 Å². The number of nitrogens with zero attached hydrogens (tertiary/aromatic N) is 1. The standard InChI is InChI=1S/C17H15NO2/c1-11-4-3-5-12(8-11)15-10-18(2)16-9-13(17(19)20)6-7-14(15)16/h3-10H,1-2H3,(H,19,20). The average Bonchev–Trinajstić information content (AvgIpc) is 2.76. The van der Waals surface area contributed by atoms with Gasteiger partial charge in [0.2, 0.25) is 0 Å². The summed E-state index contributed by atoms with van der Waals surface area (Å²) in [5.41, 5.74) is 4.74. The third-order valence-corrected chi connectivity index (χ3v) is 3.57. The monoisotopic (exact) mass is 265 g/mol. The molecule has 20 heavy (non-hydrogen) atoms. The zero-order valence-corrected chi connectivity index (χ0v) is 11.4. The molecule has 0 spiro atoms. The number of hydrogen-bond acceptors (Lipinski definition) is 1. The first-order valence-electron chi connectivity index (χ1n) is 6.45. The summed E-state index contributed by atoms with van der Waals surface area (Å²) in [5, 5.41) is 10.2. The number of carboxylic acids is 1. The van der Waals surface area contributed by atoms with E-state index in [1.54, 1.807) is 12.1 Å².